The number of imidazole rings is 1. The molecule has 9 heteroatoms. The van der Waals surface area contributed by atoms with Gasteiger partial charge in [0.1, 0.15) is 18.2 Å². The minimum Gasteiger partial charge on any atom is -0.473 e. The first-order valence-corrected chi connectivity index (χ1v) is 14.2. The van der Waals surface area contributed by atoms with Gasteiger partial charge in [0, 0.05) is 35.2 Å². The van der Waals surface area contributed by atoms with Crippen molar-refractivity contribution >= 4 is 28.6 Å². The van der Waals surface area contributed by atoms with Gasteiger partial charge < -0.3 is 18.8 Å². The van der Waals surface area contributed by atoms with E-state index in [0.29, 0.717) is 35.0 Å². The molecule has 0 unspecified atom stereocenters. The summed E-state index contributed by atoms with van der Waals surface area (Å²) < 4.78 is 32.9. The molecular weight excluding hydrogens is 557 g/mol. The lowest BCUT2D eigenvalue weighted by Gasteiger charge is -2.15. The summed E-state index contributed by atoms with van der Waals surface area (Å²) in [6.07, 6.45) is 2.76. The molecule has 1 aliphatic heterocycles. The predicted molar refractivity (Wildman–Crippen MR) is 158 cm³/mol. The molecule has 214 valence electrons. The van der Waals surface area contributed by atoms with Crippen LogP contribution in [-0.4, -0.2) is 40.3 Å². The lowest BCUT2D eigenvalue weighted by Crippen LogP contribution is -2.17. The van der Waals surface area contributed by atoms with Gasteiger partial charge in [-0.3, -0.25) is 0 Å². The highest BCUT2D eigenvalue weighted by Crippen LogP contribution is 2.26. The molecule has 3 heterocycles. The summed E-state index contributed by atoms with van der Waals surface area (Å²) in [6.45, 7) is 1.48. The van der Waals surface area contributed by atoms with E-state index in [-0.39, 0.29) is 18.7 Å². The molecule has 2 aromatic heterocycles. The molecule has 0 saturated carbocycles. The Bertz CT molecular complexity index is 1730. The Balaban J connectivity index is 1.21. The van der Waals surface area contributed by atoms with E-state index in [1.54, 1.807) is 24.3 Å². The molecule has 1 saturated heterocycles. The maximum absolute atomic E-state index is 14.1. The van der Waals surface area contributed by atoms with Crippen LogP contribution in [0.1, 0.15) is 40.2 Å². The number of rotatable bonds is 9. The zero-order valence-corrected chi connectivity index (χ0v) is 23.8. The van der Waals surface area contributed by atoms with Crippen LogP contribution >= 0.6 is 11.6 Å². The molecule has 6 rings (SSSR count). The third-order valence-corrected chi connectivity index (χ3v) is 7.62. The van der Waals surface area contributed by atoms with Crippen LogP contribution in [0, 0.1) is 5.82 Å². The maximum atomic E-state index is 14.1. The highest BCUT2D eigenvalue weighted by atomic mass is 35.5. The zero-order valence-electron chi connectivity index (χ0n) is 23.1. The molecule has 1 aliphatic rings. The first-order valence-electron chi connectivity index (χ1n) is 13.8. The molecule has 5 aromatic rings. The molecule has 0 aliphatic carbocycles. The summed E-state index contributed by atoms with van der Waals surface area (Å²) in [6, 6.07) is 23.6. The van der Waals surface area contributed by atoms with Crippen LogP contribution in [0.5, 0.6) is 5.88 Å². The van der Waals surface area contributed by atoms with Crippen molar-refractivity contribution in [2.45, 2.75) is 38.5 Å². The van der Waals surface area contributed by atoms with Crippen LogP contribution in [0.25, 0.3) is 22.3 Å². The van der Waals surface area contributed by atoms with E-state index >= 15 is 0 Å². The second-order valence-electron chi connectivity index (χ2n) is 10.2. The summed E-state index contributed by atoms with van der Waals surface area (Å²) in [5.74, 6) is 0.514. The van der Waals surface area contributed by atoms with Gasteiger partial charge in [-0.15, -0.1) is 0 Å². The van der Waals surface area contributed by atoms with E-state index in [1.165, 1.54) is 13.2 Å². The minimum absolute atomic E-state index is 0.0480. The number of methoxy groups -OCH3 is 1. The Morgan fingerprint density at radius 3 is 2.69 bits per heavy atom. The van der Waals surface area contributed by atoms with Gasteiger partial charge >= 0.3 is 5.97 Å². The van der Waals surface area contributed by atoms with Gasteiger partial charge in [0.15, 0.2) is 0 Å². The number of carbonyl (C=O) groups excluding carboxylic acids is 1. The predicted octanol–water partition coefficient (Wildman–Crippen LogP) is 7.03. The van der Waals surface area contributed by atoms with Crippen LogP contribution in [-0.2, 0) is 29.0 Å². The van der Waals surface area contributed by atoms with Crippen molar-refractivity contribution < 1.29 is 23.4 Å². The largest absolute Gasteiger partial charge is 0.473 e. The Labute approximate surface area is 247 Å². The summed E-state index contributed by atoms with van der Waals surface area (Å²) in [7, 11) is 1.38. The van der Waals surface area contributed by atoms with E-state index in [1.807, 2.05) is 36.4 Å². The number of carbonyl (C=O) groups is 1. The second-order valence-corrected chi connectivity index (χ2v) is 10.7. The standard InChI is InChI=1S/C33H29ClFN3O4/c1-40-33(39)23-12-14-29-30(17-23)38(19-26-4-3-15-41-26)31(36-29)16-21-7-9-22(10-8-21)28-5-2-6-32(37-28)42-20-24-11-13-25(34)18-27(24)35/h2,5-14,17-18,26H,3-4,15-16,19-20H2,1H3/t26-/m0/s1. The van der Waals surface area contributed by atoms with Gasteiger partial charge in [-0.25, -0.2) is 19.2 Å². The zero-order chi connectivity index (χ0) is 29.1. The van der Waals surface area contributed by atoms with Crippen LogP contribution in [0.4, 0.5) is 4.39 Å². The van der Waals surface area contributed by atoms with Gasteiger partial charge in [-0.05, 0) is 54.8 Å². The number of halogens is 2. The fourth-order valence-electron chi connectivity index (χ4n) is 5.17. The summed E-state index contributed by atoms with van der Waals surface area (Å²) in [5.41, 5.74) is 5.37. The quantitative estimate of drug-likeness (QED) is 0.173. The van der Waals surface area contributed by atoms with E-state index in [4.69, 9.17) is 30.8 Å². The van der Waals surface area contributed by atoms with Gasteiger partial charge in [-0.2, -0.15) is 0 Å². The number of nitrogens with zero attached hydrogens (tertiary/aromatic N) is 3. The van der Waals surface area contributed by atoms with Gasteiger partial charge in [0.25, 0.3) is 0 Å². The monoisotopic (exact) mass is 585 g/mol. The van der Waals surface area contributed by atoms with Crippen molar-refractivity contribution in [2.24, 2.45) is 0 Å². The molecule has 0 radical (unpaired) electrons. The van der Waals surface area contributed by atoms with Gasteiger partial charge in [-0.1, -0.05) is 48.0 Å². The SMILES string of the molecule is COC(=O)c1ccc2nc(Cc3ccc(-c4cccc(OCc5ccc(Cl)cc5F)n4)cc3)n(C[C@@H]3CCCO3)c2c1. The van der Waals surface area contributed by atoms with Crippen molar-refractivity contribution in [2.75, 3.05) is 13.7 Å². The van der Waals surface area contributed by atoms with Gasteiger partial charge in [0.2, 0.25) is 5.88 Å². The first kappa shape index (κ1) is 27.9. The number of aromatic nitrogens is 3. The molecule has 1 atom stereocenters. The molecular formula is C33H29ClFN3O4. The smallest absolute Gasteiger partial charge is 0.337 e. The van der Waals surface area contributed by atoms with E-state index in [0.717, 1.165) is 53.1 Å². The number of benzene rings is 3. The molecule has 7 nitrogen and oxygen atoms in total. The molecule has 0 amide bonds. The van der Waals surface area contributed by atoms with E-state index in [9.17, 15) is 9.18 Å². The topological polar surface area (TPSA) is 75.5 Å². The average Bonchev–Trinajstić information content (AvgIpc) is 3.64. The van der Waals surface area contributed by atoms with E-state index in [2.05, 4.69) is 21.7 Å². The highest BCUT2D eigenvalue weighted by molar-refractivity contribution is 6.30. The summed E-state index contributed by atoms with van der Waals surface area (Å²) in [5, 5.41) is 0.340. The number of ether oxygens (including phenoxy) is 3. The number of pyridine rings is 1. The fraction of sp³-hybridized carbons (Fsp3) is 0.242. The third-order valence-electron chi connectivity index (χ3n) is 7.38. The number of esters is 1. The fourth-order valence-corrected chi connectivity index (χ4v) is 5.33. The molecule has 42 heavy (non-hydrogen) atoms. The number of fused-ring (bicyclic) bond motifs is 1. The molecule has 3 aromatic carbocycles. The number of hydrogen-bond donors (Lipinski definition) is 0. The van der Waals surface area contributed by atoms with Crippen LogP contribution < -0.4 is 4.74 Å². The van der Waals surface area contributed by atoms with Crippen molar-refractivity contribution in [3.63, 3.8) is 0 Å². The van der Waals surface area contributed by atoms with Crippen molar-refractivity contribution in [3.8, 4) is 17.1 Å². The molecule has 0 N–H and O–H groups in total. The van der Waals surface area contributed by atoms with Crippen molar-refractivity contribution in [1.82, 2.24) is 14.5 Å². The number of hydrogen-bond acceptors (Lipinski definition) is 6. The first-order chi connectivity index (χ1) is 20.5. The Morgan fingerprint density at radius 2 is 1.93 bits per heavy atom. The van der Waals surface area contributed by atoms with Crippen LogP contribution in [0.3, 0.4) is 0 Å². The van der Waals surface area contributed by atoms with Gasteiger partial charge in [0.05, 0.1) is 42.0 Å². The maximum Gasteiger partial charge on any atom is 0.337 e. The Morgan fingerprint density at radius 1 is 1.07 bits per heavy atom. The normalized spacial score (nSPS) is 14.8. The Hall–Kier alpha value is -4.27. The molecule has 0 spiro atoms. The van der Waals surface area contributed by atoms with Crippen LogP contribution in [0.15, 0.2) is 78.9 Å². The second kappa shape index (κ2) is 12.3. The molecule has 1 fully saturated rings. The van der Waals surface area contributed by atoms with Crippen molar-refractivity contribution in [1.29, 1.82) is 0 Å². The molecule has 0 bridgehead atoms. The highest BCUT2D eigenvalue weighted by Gasteiger charge is 2.21. The average molecular weight is 586 g/mol. The van der Waals surface area contributed by atoms with Crippen LogP contribution in [0.2, 0.25) is 5.02 Å². The summed E-state index contributed by atoms with van der Waals surface area (Å²) >= 11 is 5.84. The lowest BCUT2D eigenvalue weighted by molar-refractivity contribution is 0.0601. The van der Waals surface area contributed by atoms with E-state index < -0.39 is 5.82 Å². The Kier molecular flexibility index (Phi) is 8.17. The van der Waals surface area contributed by atoms with Crippen molar-refractivity contribution in [3.05, 3.63) is 112 Å². The third kappa shape index (κ3) is 6.15. The summed E-state index contributed by atoms with van der Waals surface area (Å²) in [4.78, 5) is 21.7. The minimum atomic E-state index is -0.414. The lowest BCUT2D eigenvalue weighted by atomic mass is 10.1.